The zero-order valence-corrected chi connectivity index (χ0v) is 13.0. The molecule has 0 aliphatic rings. The van der Waals surface area contributed by atoms with Crippen molar-refractivity contribution in [1.29, 1.82) is 0 Å². The Bertz CT molecular complexity index is 551. The van der Waals surface area contributed by atoms with Gasteiger partial charge >= 0.3 is 0 Å². The standard InChI is InChI=1S/C15H18BrNO2/c1-10-4-6-15(19-10)13(17-2)9-11-8-12(16)5-7-14(11)18-3/h4-8,13,17H,9H2,1-3H3. The van der Waals surface area contributed by atoms with E-state index < -0.39 is 0 Å². The van der Waals surface area contributed by atoms with Gasteiger partial charge in [-0.05, 0) is 56.3 Å². The van der Waals surface area contributed by atoms with E-state index in [1.807, 2.05) is 38.2 Å². The predicted molar refractivity (Wildman–Crippen MR) is 79.6 cm³/mol. The number of rotatable bonds is 5. The van der Waals surface area contributed by atoms with Gasteiger partial charge in [0.15, 0.2) is 0 Å². The zero-order chi connectivity index (χ0) is 13.8. The fraction of sp³-hybridized carbons (Fsp3) is 0.333. The molecule has 1 aromatic heterocycles. The van der Waals surface area contributed by atoms with Crippen molar-refractivity contribution in [3.8, 4) is 5.75 Å². The van der Waals surface area contributed by atoms with Crippen molar-refractivity contribution >= 4 is 15.9 Å². The van der Waals surface area contributed by atoms with E-state index >= 15 is 0 Å². The summed E-state index contributed by atoms with van der Waals surface area (Å²) in [6.45, 7) is 1.95. The smallest absolute Gasteiger partial charge is 0.122 e. The largest absolute Gasteiger partial charge is 0.496 e. The van der Waals surface area contributed by atoms with Crippen LogP contribution in [0.5, 0.6) is 5.75 Å². The number of methoxy groups -OCH3 is 1. The minimum absolute atomic E-state index is 0.136. The van der Waals surface area contributed by atoms with Crippen molar-refractivity contribution < 1.29 is 9.15 Å². The molecule has 1 atom stereocenters. The molecule has 0 saturated heterocycles. The SMILES string of the molecule is CNC(Cc1cc(Br)ccc1OC)c1ccc(C)o1. The molecule has 0 radical (unpaired) electrons. The summed E-state index contributed by atoms with van der Waals surface area (Å²) in [6, 6.07) is 10.2. The van der Waals surface area contributed by atoms with Crippen molar-refractivity contribution in [1.82, 2.24) is 5.32 Å². The van der Waals surface area contributed by atoms with Crippen LogP contribution in [0.3, 0.4) is 0 Å². The number of benzene rings is 1. The van der Waals surface area contributed by atoms with Crippen LogP contribution in [0.2, 0.25) is 0 Å². The maximum absolute atomic E-state index is 5.70. The molecule has 0 amide bonds. The van der Waals surface area contributed by atoms with Gasteiger partial charge in [-0.15, -0.1) is 0 Å². The van der Waals surface area contributed by atoms with Gasteiger partial charge in [0.05, 0.1) is 13.2 Å². The van der Waals surface area contributed by atoms with E-state index in [0.717, 1.165) is 33.7 Å². The molecule has 1 aromatic carbocycles. The summed E-state index contributed by atoms with van der Waals surface area (Å²) in [4.78, 5) is 0. The van der Waals surface area contributed by atoms with Crippen LogP contribution < -0.4 is 10.1 Å². The minimum atomic E-state index is 0.136. The Balaban J connectivity index is 2.25. The summed E-state index contributed by atoms with van der Waals surface area (Å²) in [5, 5.41) is 3.29. The molecular formula is C15H18BrNO2. The molecule has 3 nitrogen and oxygen atoms in total. The van der Waals surface area contributed by atoms with Crippen LogP contribution in [0.25, 0.3) is 0 Å². The second-order valence-electron chi connectivity index (χ2n) is 4.45. The third-order valence-corrected chi connectivity index (χ3v) is 3.61. The summed E-state index contributed by atoms with van der Waals surface area (Å²) in [5.74, 6) is 2.77. The van der Waals surface area contributed by atoms with E-state index in [2.05, 4.69) is 27.3 Å². The van der Waals surface area contributed by atoms with Crippen molar-refractivity contribution in [2.24, 2.45) is 0 Å². The molecule has 2 rings (SSSR count). The molecule has 0 saturated carbocycles. The molecule has 1 heterocycles. The Morgan fingerprint density at radius 3 is 2.68 bits per heavy atom. The van der Waals surface area contributed by atoms with Gasteiger partial charge in [-0.25, -0.2) is 0 Å². The van der Waals surface area contributed by atoms with Crippen molar-refractivity contribution in [3.63, 3.8) is 0 Å². The molecule has 2 aromatic rings. The lowest BCUT2D eigenvalue weighted by Gasteiger charge is -2.16. The highest BCUT2D eigenvalue weighted by Gasteiger charge is 2.16. The summed E-state index contributed by atoms with van der Waals surface area (Å²) in [5.41, 5.74) is 1.14. The Labute approximate surface area is 122 Å². The van der Waals surface area contributed by atoms with Crippen LogP contribution in [0.4, 0.5) is 0 Å². The summed E-state index contributed by atoms with van der Waals surface area (Å²) in [6.07, 6.45) is 0.812. The molecular weight excluding hydrogens is 306 g/mol. The topological polar surface area (TPSA) is 34.4 Å². The third-order valence-electron chi connectivity index (χ3n) is 3.12. The lowest BCUT2D eigenvalue weighted by Crippen LogP contribution is -2.18. The third kappa shape index (κ3) is 3.39. The van der Waals surface area contributed by atoms with Gasteiger partial charge in [0.1, 0.15) is 17.3 Å². The number of nitrogens with one attached hydrogen (secondary N) is 1. The average molecular weight is 324 g/mol. The highest BCUT2D eigenvalue weighted by Crippen LogP contribution is 2.28. The molecule has 1 unspecified atom stereocenters. The number of halogens is 1. The van der Waals surface area contributed by atoms with Gasteiger partial charge in [0, 0.05) is 4.47 Å². The van der Waals surface area contributed by atoms with Crippen LogP contribution in [-0.2, 0) is 6.42 Å². The van der Waals surface area contributed by atoms with Crippen LogP contribution in [-0.4, -0.2) is 14.2 Å². The normalized spacial score (nSPS) is 12.4. The quantitative estimate of drug-likeness (QED) is 0.907. The Morgan fingerprint density at radius 2 is 2.11 bits per heavy atom. The molecule has 19 heavy (non-hydrogen) atoms. The van der Waals surface area contributed by atoms with Gasteiger partial charge in [-0.2, -0.15) is 0 Å². The highest BCUT2D eigenvalue weighted by molar-refractivity contribution is 9.10. The zero-order valence-electron chi connectivity index (χ0n) is 11.4. The number of furan rings is 1. The molecule has 0 bridgehead atoms. The van der Waals surface area contributed by atoms with E-state index in [0.29, 0.717) is 0 Å². The lowest BCUT2D eigenvalue weighted by molar-refractivity contribution is 0.393. The van der Waals surface area contributed by atoms with Crippen molar-refractivity contribution in [2.45, 2.75) is 19.4 Å². The summed E-state index contributed by atoms with van der Waals surface area (Å²) in [7, 11) is 3.63. The second kappa shape index (κ2) is 6.26. The van der Waals surface area contributed by atoms with Crippen LogP contribution in [0.15, 0.2) is 39.2 Å². The Hall–Kier alpha value is -1.26. The van der Waals surface area contributed by atoms with Gasteiger partial charge in [-0.1, -0.05) is 15.9 Å². The van der Waals surface area contributed by atoms with E-state index in [9.17, 15) is 0 Å². The molecule has 0 spiro atoms. The minimum Gasteiger partial charge on any atom is -0.496 e. The van der Waals surface area contributed by atoms with Gasteiger partial charge in [0.25, 0.3) is 0 Å². The molecule has 1 N–H and O–H groups in total. The van der Waals surface area contributed by atoms with E-state index in [1.54, 1.807) is 7.11 Å². The molecule has 102 valence electrons. The first-order valence-electron chi connectivity index (χ1n) is 6.20. The van der Waals surface area contributed by atoms with E-state index in [1.165, 1.54) is 0 Å². The molecule has 0 fully saturated rings. The first-order chi connectivity index (χ1) is 9.13. The predicted octanol–water partition coefficient (Wildman–Crippen LogP) is 3.86. The number of ether oxygens (including phenoxy) is 1. The van der Waals surface area contributed by atoms with Crippen molar-refractivity contribution in [3.05, 3.63) is 51.9 Å². The summed E-state index contributed by atoms with van der Waals surface area (Å²) >= 11 is 3.50. The molecule has 4 heteroatoms. The molecule has 0 aliphatic carbocycles. The maximum atomic E-state index is 5.70. The number of hydrogen-bond donors (Lipinski definition) is 1. The van der Waals surface area contributed by atoms with Gasteiger partial charge < -0.3 is 14.5 Å². The average Bonchev–Trinajstić information content (AvgIpc) is 2.82. The first kappa shape index (κ1) is 14.2. The lowest BCUT2D eigenvalue weighted by atomic mass is 10.0. The Morgan fingerprint density at radius 1 is 1.32 bits per heavy atom. The Kier molecular flexibility index (Phi) is 4.66. The number of likely N-dealkylation sites (N-methyl/N-ethyl adjacent to an activating group) is 1. The van der Waals surface area contributed by atoms with E-state index in [-0.39, 0.29) is 6.04 Å². The summed E-state index contributed by atoms with van der Waals surface area (Å²) < 4.78 is 12.2. The van der Waals surface area contributed by atoms with E-state index in [4.69, 9.17) is 9.15 Å². The van der Waals surface area contributed by atoms with Crippen LogP contribution >= 0.6 is 15.9 Å². The van der Waals surface area contributed by atoms with Crippen molar-refractivity contribution in [2.75, 3.05) is 14.2 Å². The number of hydrogen-bond acceptors (Lipinski definition) is 3. The van der Waals surface area contributed by atoms with Gasteiger partial charge in [-0.3, -0.25) is 0 Å². The highest BCUT2D eigenvalue weighted by atomic mass is 79.9. The first-order valence-corrected chi connectivity index (χ1v) is 6.99. The second-order valence-corrected chi connectivity index (χ2v) is 5.37. The number of aryl methyl sites for hydroxylation is 1. The fourth-order valence-electron chi connectivity index (χ4n) is 2.11. The monoisotopic (exact) mass is 323 g/mol. The fourth-order valence-corrected chi connectivity index (χ4v) is 2.52. The van der Waals surface area contributed by atoms with Crippen LogP contribution in [0.1, 0.15) is 23.1 Å². The molecule has 0 aliphatic heterocycles. The van der Waals surface area contributed by atoms with Crippen LogP contribution in [0, 0.1) is 6.92 Å². The van der Waals surface area contributed by atoms with Gasteiger partial charge in [0.2, 0.25) is 0 Å². The maximum Gasteiger partial charge on any atom is 0.122 e.